The first kappa shape index (κ1) is 18.2. The van der Waals surface area contributed by atoms with Gasteiger partial charge in [0.2, 0.25) is 11.9 Å². The molecule has 30 heavy (non-hydrogen) atoms. The number of fused-ring (bicyclic) bond motifs is 3. The third kappa shape index (κ3) is 3.46. The van der Waals surface area contributed by atoms with E-state index < -0.39 is 12.2 Å². The van der Waals surface area contributed by atoms with E-state index in [0.29, 0.717) is 22.6 Å². The van der Waals surface area contributed by atoms with Gasteiger partial charge in [0, 0.05) is 10.7 Å². The maximum absolute atomic E-state index is 12.5. The Morgan fingerprint density at radius 2 is 1.77 bits per heavy atom. The summed E-state index contributed by atoms with van der Waals surface area (Å²) >= 11 is 6.23. The number of benzene rings is 3. The van der Waals surface area contributed by atoms with Crippen LogP contribution < -0.4 is 16.0 Å². The van der Waals surface area contributed by atoms with E-state index in [0.717, 1.165) is 16.6 Å². The van der Waals surface area contributed by atoms with Crippen molar-refractivity contribution in [3.8, 4) is 0 Å². The Labute approximate surface area is 177 Å². The highest BCUT2D eigenvalue weighted by Crippen LogP contribution is 2.33. The number of carbonyl (C=O) groups excluding carboxylic acids is 1. The van der Waals surface area contributed by atoms with Gasteiger partial charge in [-0.05, 0) is 42.0 Å². The third-order valence-corrected chi connectivity index (χ3v) is 4.97. The maximum Gasteiger partial charge on any atom is 0.326 e. The number of para-hydroxylation sites is 3. The molecular formula is C22H17ClN6O. The van der Waals surface area contributed by atoms with Crippen molar-refractivity contribution in [1.82, 2.24) is 14.9 Å². The topological polar surface area (TPSA) is 83.3 Å². The Morgan fingerprint density at radius 3 is 2.60 bits per heavy atom. The summed E-state index contributed by atoms with van der Waals surface area (Å²) in [5.74, 6) is 0.891. The molecule has 1 unspecified atom stereocenters. The first-order valence-electron chi connectivity index (χ1n) is 9.38. The molecule has 3 N–H and O–H groups in total. The van der Waals surface area contributed by atoms with Crippen LogP contribution in [0, 0.1) is 0 Å². The quantitative estimate of drug-likeness (QED) is 0.437. The number of carbonyl (C=O) groups is 1. The van der Waals surface area contributed by atoms with Gasteiger partial charge in [0.25, 0.3) is 0 Å². The summed E-state index contributed by atoms with van der Waals surface area (Å²) in [5, 5.41) is 9.28. The van der Waals surface area contributed by atoms with Crippen LogP contribution in [0.5, 0.6) is 0 Å². The highest BCUT2D eigenvalue weighted by atomic mass is 35.5. The first-order valence-corrected chi connectivity index (χ1v) is 9.75. The van der Waals surface area contributed by atoms with E-state index in [1.54, 1.807) is 0 Å². The Morgan fingerprint density at radius 1 is 0.967 bits per heavy atom. The van der Waals surface area contributed by atoms with Crippen LogP contribution in [0.2, 0.25) is 5.02 Å². The molecule has 0 radical (unpaired) electrons. The normalized spacial score (nSPS) is 15.1. The van der Waals surface area contributed by atoms with Gasteiger partial charge in [0.15, 0.2) is 6.17 Å². The Hall–Kier alpha value is -3.84. The molecule has 1 aliphatic heterocycles. The van der Waals surface area contributed by atoms with Crippen LogP contribution in [0.15, 0.2) is 83.9 Å². The zero-order valence-electron chi connectivity index (χ0n) is 15.7. The molecule has 2 heterocycles. The summed E-state index contributed by atoms with van der Waals surface area (Å²) in [6.45, 7) is 0. The molecule has 5 rings (SSSR count). The van der Waals surface area contributed by atoms with E-state index in [1.165, 1.54) is 0 Å². The zero-order chi connectivity index (χ0) is 20.5. The number of halogens is 1. The minimum Gasteiger partial charge on any atom is -0.308 e. The summed E-state index contributed by atoms with van der Waals surface area (Å²) in [5.41, 5.74) is 3.33. The minimum absolute atomic E-state index is 0.302. The first-order chi connectivity index (χ1) is 14.7. The molecular weight excluding hydrogens is 400 g/mol. The fourth-order valence-corrected chi connectivity index (χ4v) is 3.64. The van der Waals surface area contributed by atoms with E-state index in [9.17, 15) is 4.79 Å². The highest BCUT2D eigenvalue weighted by Gasteiger charge is 2.26. The summed E-state index contributed by atoms with van der Waals surface area (Å²) in [7, 11) is 0. The number of aromatic nitrogens is 2. The fourth-order valence-electron chi connectivity index (χ4n) is 3.44. The average molecular weight is 417 g/mol. The molecule has 0 aliphatic carbocycles. The number of urea groups is 1. The maximum atomic E-state index is 12.5. The average Bonchev–Trinajstić information content (AvgIpc) is 3.12. The molecule has 1 atom stereocenters. The van der Waals surface area contributed by atoms with E-state index in [2.05, 4.69) is 20.9 Å². The number of imidazole rings is 1. The van der Waals surface area contributed by atoms with Crippen molar-refractivity contribution < 1.29 is 4.79 Å². The molecule has 0 bridgehead atoms. The smallest absolute Gasteiger partial charge is 0.308 e. The summed E-state index contributed by atoms with van der Waals surface area (Å²) in [6.07, 6.45) is -0.431. The van der Waals surface area contributed by atoms with Gasteiger partial charge in [0.1, 0.15) is 0 Å². The second kappa shape index (κ2) is 7.53. The van der Waals surface area contributed by atoms with Gasteiger partial charge >= 0.3 is 6.03 Å². The van der Waals surface area contributed by atoms with Crippen molar-refractivity contribution in [3.05, 3.63) is 89.4 Å². The van der Waals surface area contributed by atoms with Crippen LogP contribution in [-0.2, 0) is 0 Å². The van der Waals surface area contributed by atoms with Gasteiger partial charge in [-0.3, -0.25) is 15.2 Å². The summed E-state index contributed by atoms with van der Waals surface area (Å²) < 4.78 is 1.99. The summed E-state index contributed by atoms with van der Waals surface area (Å²) in [4.78, 5) is 21.9. The van der Waals surface area contributed by atoms with Gasteiger partial charge in [0.05, 0.1) is 11.0 Å². The number of hydrogen-bond acceptors (Lipinski definition) is 4. The third-order valence-electron chi connectivity index (χ3n) is 4.73. The minimum atomic E-state index is -0.431. The number of nitrogens with zero attached hydrogens (tertiary/aromatic N) is 3. The van der Waals surface area contributed by atoms with Crippen molar-refractivity contribution in [3.63, 3.8) is 0 Å². The largest absolute Gasteiger partial charge is 0.326 e. The number of guanidine groups is 1. The molecule has 8 heteroatoms. The number of amides is 2. The van der Waals surface area contributed by atoms with Crippen LogP contribution in [0.1, 0.15) is 11.7 Å². The second-order valence-corrected chi connectivity index (χ2v) is 7.21. The van der Waals surface area contributed by atoms with Gasteiger partial charge in [-0.1, -0.05) is 54.1 Å². The zero-order valence-corrected chi connectivity index (χ0v) is 16.5. The summed E-state index contributed by atoms with van der Waals surface area (Å²) in [6, 6.07) is 24.1. The van der Waals surface area contributed by atoms with Gasteiger partial charge in [-0.2, -0.15) is 0 Å². The molecule has 3 aromatic carbocycles. The van der Waals surface area contributed by atoms with Crippen molar-refractivity contribution in [2.45, 2.75) is 6.17 Å². The molecule has 1 aliphatic rings. The molecule has 148 valence electrons. The number of aliphatic imine (C=N–C) groups is 1. The van der Waals surface area contributed by atoms with Crippen LogP contribution >= 0.6 is 11.6 Å². The molecule has 0 fully saturated rings. The predicted molar refractivity (Wildman–Crippen MR) is 119 cm³/mol. The Kier molecular flexibility index (Phi) is 4.57. The Balaban J connectivity index is 1.51. The molecule has 2 amide bonds. The van der Waals surface area contributed by atoms with Gasteiger partial charge in [-0.25, -0.2) is 14.8 Å². The predicted octanol–water partition coefficient (Wildman–Crippen LogP) is 4.84. The van der Waals surface area contributed by atoms with Crippen molar-refractivity contribution in [2.24, 2.45) is 4.99 Å². The highest BCUT2D eigenvalue weighted by molar-refractivity contribution is 6.30. The van der Waals surface area contributed by atoms with E-state index in [4.69, 9.17) is 16.6 Å². The van der Waals surface area contributed by atoms with E-state index >= 15 is 0 Å². The van der Waals surface area contributed by atoms with Crippen LogP contribution in [0.3, 0.4) is 0 Å². The van der Waals surface area contributed by atoms with Crippen LogP contribution in [-0.4, -0.2) is 21.5 Å². The standard InChI is InChI=1S/C22H17ClN6O/c23-15-8-6-7-14(13-15)19-26-20(28-22(30)24-16-9-2-1-3-10-16)27-21-25-17-11-4-5-12-18(17)29(19)21/h1-13,19H,(H3,24,25,26,27,28,30). The van der Waals surface area contributed by atoms with Crippen molar-refractivity contribution >= 4 is 46.3 Å². The van der Waals surface area contributed by atoms with Crippen LogP contribution in [0.4, 0.5) is 16.4 Å². The van der Waals surface area contributed by atoms with Crippen LogP contribution in [0.25, 0.3) is 11.0 Å². The molecule has 0 saturated heterocycles. The molecule has 1 aromatic heterocycles. The lowest BCUT2D eigenvalue weighted by Gasteiger charge is -2.25. The SMILES string of the molecule is O=C(NC1=NC(c2cccc(Cl)c2)n2c(nc3ccccc32)N1)Nc1ccccc1. The lowest BCUT2D eigenvalue weighted by Crippen LogP contribution is -2.42. The lowest BCUT2D eigenvalue weighted by molar-refractivity contribution is 0.256. The number of hydrogen-bond donors (Lipinski definition) is 3. The number of rotatable bonds is 2. The van der Waals surface area contributed by atoms with Gasteiger partial charge < -0.3 is 5.32 Å². The lowest BCUT2D eigenvalue weighted by atomic mass is 10.1. The molecule has 0 spiro atoms. The van der Waals surface area contributed by atoms with Crippen molar-refractivity contribution in [1.29, 1.82) is 0 Å². The van der Waals surface area contributed by atoms with Gasteiger partial charge in [-0.15, -0.1) is 0 Å². The number of nitrogens with one attached hydrogen (secondary N) is 3. The second-order valence-electron chi connectivity index (χ2n) is 6.77. The molecule has 4 aromatic rings. The number of anilines is 2. The van der Waals surface area contributed by atoms with Crippen molar-refractivity contribution in [2.75, 3.05) is 10.6 Å². The monoisotopic (exact) mass is 416 g/mol. The fraction of sp³-hybridized carbons (Fsp3) is 0.0455. The van der Waals surface area contributed by atoms with E-state index in [1.807, 2.05) is 83.4 Å². The van der Waals surface area contributed by atoms with E-state index in [-0.39, 0.29) is 0 Å². The molecule has 0 saturated carbocycles. The Bertz CT molecular complexity index is 1270. The molecule has 7 nitrogen and oxygen atoms in total.